The molecule has 2 rings (SSSR count). The molecule has 0 amide bonds. The number of hydrogen-bond acceptors (Lipinski definition) is 7. The van der Waals surface area contributed by atoms with Crippen LogP contribution in [-0.4, -0.2) is 45.0 Å². The van der Waals surface area contributed by atoms with Crippen molar-refractivity contribution < 1.29 is 32.7 Å². The van der Waals surface area contributed by atoms with Crippen LogP contribution >= 0.6 is 7.82 Å². The molecule has 3 N–H and O–H groups in total. The summed E-state index contributed by atoms with van der Waals surface area (Å²) >= 11 is 0. The van der Waals surface area contributed by atoms with Crippen LogP contribution in [0.5, 0.6) is 0 Å². The van der Waals surface area contributed by atoms with Gasteiger partial charge < -0.3 is 14.7 Å². The first-order valence-corrected chi connectivity index (χ1v) is 17.2. The highest BCUT2D eigenvalue weighted by Crippen LogP contribution is 2.44. The Balaban J connectivity index is 1.43. The molecular weight excluding hydrogens is 554 g/mol. The molecule has 0 saturated carbocycles. The van der Waals surface area contributed by atoms with Crippen molar-refractivity contribution in [2.24, 2.45) is 0 Å². The molecule has 1 aromatic heterocycles. The summed E-state index contributed by atoms with van der Waals surface area (Å²) in [5, 5.41) is 10.2. The molecule has 12 heteroatoms. The molecule has 1 saturated heterocycles. The molecule has 1 aliphatic rings. The number of nitrogens with one attached hydrogen (secondary N) is 1. The molecule has 0 bridgehead atoms. The SMILES string of the molecule is CCCCCCCCCCCCCCCCCCCCOP(=O)(O)OC[C@H]1O[C@@H](n2cc(F)c(=O)[nH]c2=O)C[C@@H]1O. The average Bonchev–Trinajstić information content (AvgIpc) is 3.31. The van der Waals surface area contributed by atoms with E-state index >= 15 is 0 Å². The van der Waals surface area contributed by atoms with E-state index in [1.807, 2.05) is 4.98 Å². The van der Waals surface area contributed by atoms with Crippen molar-refractivity contribution in [1.29, 1.82) is 0 Å². The first-order valence-electron chi connectivity index (χ1n) is 15.7. The number of hydrogen-bond donors (Lipinski definition) is 3. The van der Waals surface area contributed by atoms with Gasteiger partial charge in [-0.2, -0.15) is 4.39 Å². The molecule has 2 heterocycles. The van der Waals surface area contributed by atoms with Crippen molar-refractivity contribution in [3.8, 4) is 0 Å². The van der Waals surface area contributed by atoms with E-state index in [4.69, 9.17) is 13.8 Å². The lowest BCUT2D eigenvalue weighted by molar-refractivity contribution is -0.0468. The summed E-state index contributed by atoms with van der Waals surface area (Å²) in [6, 6.07) is 0. The van der Waals surface area contributed by atoms with Crippen LogP contribution in [0.3, 0.4) is 0 Å². The maximum atomic E-state index is 13.5. The zero-order valence-electron chi connectivity index (χ0n) is 24.8. The van der Waals surface area contributed by atoms with Gasteiger partial charge in [-0.15, -0.1) is 0 Å². The van der Waals surface area contributed by atoms with Crippen molar-refractivity contribution in [2.75, 3.05) is 13.2 Å². The van der Waals surface area contributed by atoms with Crippen molar-refractivity contribution >= 4 is 7.82 Å². The van der Waals surface area contributed by atoms with E-state index in [-0.39, 0.29) is 13.0 Å². The van der Waals surface area contributed by atoms with Gasteiger partial charge in [0.1, 0.15) is 12.3 Å². The monoisotopic (exact) mass is 606 g/mol. The highest BCUT2D eigenvalue weighted by molar-refractivity contribution is 7.47. The number of ether oxygens (including phenoxy) is 1. The van der Waals surface area contributed by atoms with Crippen molar-refractivity contribution in [1.82, 2.24) is 9.55 Å². The second kappa shape index (κ2) is 20.5. The Morgan fingerprint density at radius 3 is 1.90 bits per heavy atom. The Labute approximate surface area is 243 Å². The zero-order chi connectivity index (χ0) is 29.9. The zero-order valence-corrected chi connectivity index (χ0v) is 25.7. The topological polar surface area (TPSA) is 140 Å². The Bertz CT molecular complexity index is 1000. The lowest BCUT2D eigenvalue weighted by Crippen LogP contribution is -2.34. The minimum Gasteiger partial charge on any atom is -0.390 e. The summed E-state index contributed by atoms with van der Waals surface area (Å²) in [5.74, 6) is -1.17. The standard InChI is InChI=1S/C29H52FN2O8P/c1-2-3-4-5-6-7-8-9-10-11-12-13-14-15-16-17-18-19-20-38-41(36,37)39-23-26-25(33)21-27(40-26)32-22-24(30)28(34)31-29(32)35/h22,25-27,33H,2-21,23H2,1H3,(H,36,37)(H,31,34,35)/t25-,26+,27+/m0/s1. The van der Waals surface area contributed by atoms with E-state index in [2.05, 4.69) is 6.92 Å². The average molecular weight is 607 g/mol. The lowest BCUT2D eigenvalue weighted by Gasteiger charge is -2.18. The van der Waals surface area contributed by atoms with Crippen molar-refractivity contribution in [3.63, 3.8) is 0 Å². The molecule has 0 spiro atoms. The molecule has 1 aliphatic heterocycles. The third kappa shape index (κ3) is 15.1. The van der Waals surface area contributed by atoms with E-state index in [1.54, 1.807) is 0 Å². The molecule has 0 aliphatic carbocycles. The molecule has 10 nitrogen and oxygen atoms in total. The van der Waals surface area contributed by atoms with Gasteiger partial charge in [-0.3, -0.25) is 23.4 Å². The summed E-state index contributed by atoms with van der Waals surface area (Å²) in [6.07, 6.45) is 20.0. The first-order chi connectivity index (χ1) is 19.7. The molecule has 4 atom stereocenters. The van der Waals surface area contributed by atoms with Gasteiger partial charge in [-0.05, 0) is 6.42 Å². The van der Waals surface area contributed by atoms with Gasteiger partial charge in [-0.25, -0.2) is 9.36 Å². The number of nitrogens with zero attached hydrogens (tertiary/aromatic N) is 1. The molecule has 41 heavy (non-hydrogen) atoms. The van der Waals surface area contributed by atoms with Crippen LogP contribution in [-0.2, 0) is 18.3 Å². The number of unbranched alkanes of at least 4 members (excludes halogenated alkanes) is 17. The second-order valence-corrected chi connectivity index (χ2v) is 12.6. The number of aliphatic hydroxyl groups excluding tert-OH is 1. The molecule has 238 valence electrons. The van der Waals surface area contributed by atoms with Crippen LogP contribution in [0.2, 0.25) is 0 Å². The number of H-pyrrole nitrogens is 1. The van der Waals surface area contributed by atoms with E-state index < -0.39 is 49.9 Å². The minimum absolute atomic E-state index is 0.0786. The largest absolute Gasteiger partial charge is 0.472 e. The van der Waals surface area contributed by atoms with Crippen molar-refractivity contribution in [2.45, 2.75) is 147 Å². The summed E-state index contributed by atoms with van der Waals surface area (Å²) < 4.78 is 42.0. The number of phosphoric acid groups is 1. The predicted octanol–water partition coefficient (Wildman–Crippen LogP) is 6.50. The fourth-order valence-electron chi connectivity index (χ4n) is 5.10. The molecular formula is C29H52FN2O8P. The highest BCUT2D eigenvalue weighted by atomic mass is 31.2. The fourth-order valence-corrected chi connectivity index (χ4v) is 5.87. The Morgan fingerprint density at radius 1 is 0.902 bits per heavy atom. The van der Waals surface area contributed by atoms with Crippen molar-refractivity contribution in [3.05, 3.63) is 32.9 Å². The van der Waals surface area contributed by atoms with Gasteiger partial charge in [0.25, 0.3) is 5.56 Å². The summed E-state index contributed by atoms with van der Waals surface area (Å²) in [6.45, 7) is 1.88. The van der Waals surface area contributed by atoms with Crippen LogP contribution in [0.4, 0.5) is 4.39 Å². The number of aromatic nitrogens is 2. The number of aliphatic hydroxyl groups is 1. The maximum absolute atomic E-state index is 13.5. The van der Waals surface area contributed by atoms with Gasteiger partial charge >= 0.3 is 13.5 Å². The Kier molecular flexibility index (Phi) is 17.9. The highest BCUT2D eigenvalue weighted by Gasteiger charge is 2.37. The van der Waals surface area contributed by atoms with E-state index in [9.17, 15) is 28.5 Å². The quantitative estimate of drug-likeness (QED) is 0.0895. The van der Waals surface area contributed by atoms with Crippen LogP contribution in [0.1, 0.15) is 135 Å². The smallest absolute Gasteiger partial charge is 0.390 e. The summed E-state index contributed by atoms with van der Waals surface area (Å²) in [4.78, 5) is 34.8. The minimum atomic E-state index is -4.35. The van der Waals surface area contributed by atoms with E-state index in [0.717, 1.165) is 23.8 Å². The van der Waals surface area contributed by atoms with Gasteiger partial charge in [0.2, 0.25) is 5.82 Å². The van der Waals surface area contributed by atoms with Gasteiger partial charge in [0.05, 0.1) is 25.5 Å². The number of halogens is 1. The van der Waals surface area contributed by atoms with Crippen LogP contribution < -0.4 is 11.2 Å². The molecule has 1 fully saturated rings. The third-order valence-corrected chi connectivity index (χ3v) is 8.58. The summed E-state index contributed by atoms with van der Waals surface area (Å²) in [5.41, 5.74) is -2.05. The maximum Gasteiger partial charge on any atom is 0.472 e. The van der Waals surface area contributed by atoms with Crippen LogP contribution in [0.25, 0.3) is 0 Å². The predicted molar refractivity (Wildman–Crippen MR) is 156 cm³/mol. The van der Waals surface area contributed by atoms with Gasteiger partial charge in [-0.1, -0.05) is 116 Å². The lowest BCUT2D eigenvalue weighted by atomic mass is 10.0. The second-order valence-electron chi connectivity index (χ2n) is 11.2. The van der Waals surface area contributed by atoms with Crippen LogP contribution in [0.15, 0.2) is 15.8 Å². The molecule has 1 aromatic rings. The molecule has 1 unspecified atom stereocenters. The number of phosphoric ester groups is 1. The molecule has 0 radical (unpaired) electrons. The molecule has 0 aromatic carbocycles. The Hall–Kier alpha value is -1.36. The van der Waals surface area contributed by atoms with Crippen LogP contribution in [0, 0.1) is 5.82 Å². The van der Waals surface area contributed by atoms with Gasteiger partial charge in [0, 0.05) is 6.42 Å². The summed E-state index contributed by atoms with van der Waals surface area (Å²) in [7, 11) is -4.35. The normalized spacial score (nSPS) is 20.4. The third-order valence-electron chi connectivity index (χ3n) is 7.59. The number of rotatable bonds is 24. The Morgan fingerprint density at radius 2 is 1.39 bits per heavy atom. The van der Waals surface area contributed by atoms with Gasteiger partial charge in [0.15, 0.2) is 0 Å². The van der Waals surface area contributed by atoms with E-state index in [0.29, 0.717) is 12.6 Å². The fraction of sp³-hybridized carbons (Fsp3) is 0.862. The van der Waals surface area contributed by atoms with E-state index in [1.165, 1.54) is 89.9 Å². The number of aromatic amines is 1. The first kappa shape index (κ1) is 35.8.